The second kappa shape index (κ2) is 4.84. The van der Waals surface area contributed by atoms with Crippen molar-refractivity contribution in [1.29, 1.82) is 5.26 Å². The maximum atomic E-state index is 9.20. The molecule has 86 valence electrons. The van der Waals surface area contributed by atoms with Gasteiger partial charge in [-0.15, -0.1) is 0 Å². The van der Waals surface area contributed by atoms with Crippen molar-refractivity contribution in [2.45, 2.75) is 13.8 Å². The summed E-state index contributed by atoms with van der Waals surface area (Å²) >= 11 is 0. The van der Waals surface area contributed by atoms with E-state index in [4.69, 9.17) is 0 Å². The van der Waals surface area contributed by atoms with E-state index >= 15 is 0 Å². The Kier molecular flexibility index (Phi) is 3.24. The van der Waals surface area contributed by atoms with E-state index in [0.717, 1.165) is 29.7 Å². The van der Waals surface area contributed by atoms with Gasteiger partial charge in [-0.2, -0.15) is 5.26 Å². The molecular formula is C14H15N3. The van der Waals surface area contributed by atoms with Gasteiger partial charge in [-0.1, -0.05) is 18.2 Å². The predicted octanol–water partition coefficient (Wildman–Crippen LogP) is 2.95. The van der Waals surface area contributed by atoms with Gasteiger partial charge in [0.2, 0.25) is 0 Å². The SMILES string of the molecule is CCN(CC)c1c(C#N)cnc2ccccc12. The molecule has 0 bridgehead atoms. The van der Waals surface area contributed by atoms with Gasteiger partial charge in [0.1, 0.15) is 6.07 Å². The first kappa shape index (κ1) is 11.4. The number of hydrogen-bond acceptors (Lipinski definition) is 3. The Balaban J connectivity index is 2.76. The largest absolute Gasteiger partial charge is 0.370 e. The summed E-state index contributed by atoms with van der Waals surface area (Å²) in [5, 5.41) is 10.3. The number of hydrogen-bond donors (Lipinski definition) is 0. The van der Waals surface area contributed by atoms with Crippen molar-refractivity contribution in [3.63, 3.8) is 0 Å². The molecule has 0 saturated heterocycles. The van der Waals surface area contributed by atoms with Crippen LogP contribution in [0.1, 0.15) is 19.4 Å². The number of anilines is 1. The van der Waals surface area contributed by atoms with Crippen molar-refractivity contribution in [3.8, 4) is 6.07 Å². The normalized spacial score (nSPS) is 10.2. The fourth-order valence-electron chi connectivity index (χ4n) is 2.09. The van der Waals surface area contributed by atoms with Gasteiger partial charge in [-0.25, -0.2) is 0 Å². The van der Waals surface area contributed by atoms with Crippen LogP contribution in [0.5, 0.6) is 0 Å². The van der Waals surface area contributed by atoms with Crippen LogP contribution in [-0.2, 0) is 0 Å². The van der Waals surface area contributed by atoms with Gasteiger partial charge in [0, 0.05) is 24.7 Å². The number of aromatic nitrogens is 1. The van der Waals surface area contributed by atoms with Gasteiger partial charge in [0.25, 0.3) is 0 Å². The van der Waals surface area contributed by atoms with Crippen molar-refractivity contribution >= 4 is 16.6 Å². The predicted molar refractivity (Wildman–Crippen MR) is 70.0 cm³/mol. The molecule has 0 unspecified atom stereocenters. The Morgan fingerprint density at radius 3 is 2.59 bits per heavy atom. The van der Waals surface area contributed by atoms with Crippen LogP contribution in [0.2, 0.25) is 0 Å². The van der Waals surface area contributed by atoms with Crippen LogP contribution >= 0.6 is 0 Å². The van der Waals surface area contributed by atoms with Crippen molar-refractivity contribution < 1.29 is 0 Å². The van der Waals surface area contributed by atoms with Crippen molar-refractivity contribution in [1.82, 2.24) is 4.98 Å². The Hall–Kier alpha value is -2.08. The number of nitrogens with zero attached hydrogens (tertiary/aromatic N) is 3. The number of nitriles is 1. The second-order valence-electron chi connectivity index (χ2n) is 3.82. The highest BCUT2D eigenvalue weighted by atomic mass is 15.1. The number of pyridine rings is 1. The molecule has 2 aromatic rings. The zero-order valence-corrected chi connectivity index (χ0v) is 10.1. The maximum Gasteiger partial charge on any atom is 0.103 e. The van der Waals surface area contributed by atoms with E-state index < -0.39 is 0 Å². The van der Waals surface area contributed by atoms with Gasteiger partial charge in [0.05, 0.1) is 16.8 Å². The quantitative estimate of drug-likeness (QED) is 0.806. The summed E-state index contributed by atoms with van der Waals surface area (Å²) in [5.74, 6) is 0. The first-order valence-electron chi connectivity index (χ1n) is 5.84. The molecule has 1 heterocycles. The minimum atomic E-state index is 0.646. The van der Waals surface area contributed by atoms with Crippen LogP contribution in [0.3, 0.4) is 0 Å². The third kappa shape index (κ3) is 1.94. The van der Waals surface area contributed by atoms with E-state index in [-0.39, 0.29) is 0 Å². The smallest absolute Gasteiger partial charge is 0.103 e. The van der Waals surface area contributed by atoms with Crippen molar-refractivity contribution in [2.75, 3.05) is 18.0 Å². The summed E-state index contributed by atoms with van der Waals surface area (Å²) in [4.78, 5) is 6.51. The fourth-order valence-corrected chi connectivity index (χ4v) is 2.09. The van der Waals surface area contributed by atoms with Gasteiger partial charge >= 0.3 is 0 Å². The van der Waals surface area contributed by atoms with Crippen LogP contribution in [0.25, 0.3) is 10.9 Å². The molecule has 0 aliphatic rings. The molecule has 0 amide bonds. The molecular weight excluding hydrogens is 210 g/mol. The highest BCUT2D eigenvalue weighted by molar-refractivity contribution is 5.94. The Labute approximate surface area is 101 Å². The van der Waals surface area contributed by atoms with E-state index in [1.807, 2.05) is 24.3 Å². The van der Waals surface area contributed by atoms with Crippen molar-refractivity contribution in [3.05, 3.63) is 36.0 Å². The van der Waals surface area contributed by atoms with Gasteiger partial charge in [-0.3, -0.25) is 4.98 Å². The van der Waals surface area contributed by atoms with Gasteiger partial charge in [-0.05, 0) is 19.9 Å². The molecule has 0 N–H and O–H groups in total. The standard InChI is InChI=1S/C14H15N3/c1-3-17(4-2)14-11(9-15)10-16-13-8-6-5-7-12(13)14/h5-8,10H,3-4H2,1-2H3. The third-order valence-electron chi connectivity index (χ3n) is 2.95. The lowest BCUT2D eigenvalue weighted by molar-refractivity contribution is 0.868. The number of para-hydroxylation sites is 1. The topological polar surface area (TPSA) is 39.9 Å². The van der Waals surface area contributed by atoms with Gasteiger partial charge < -0.3 is 4.90 Å². The van der Waals surface area contributed by atoms with E-state index in [0.29, 0.717) is 5.56 Å². The average Bonchev–Trinajstić information content (AvgIpc) is 2.40. The van der Waals surface area contributed by atoms with Crippen LogP contribution < -0.4 is 4.90 Å². The van der Waals surface area contributed by atoms with Crippen LogP contribution in [0.4, 0.5) is 5.69 Å². The zero-order valence-electron chi connectivity index (χ0n) is 10.1. The molecule has 0 atom stereocenters. The van der Waals surface area contributed by atoms with E-state index in [2.05, 4.69) is 29.8 Å². The monoisotopic (exact) mass is 225 g/mol. The summed E-state index contributed by atoms with van der Waals surface area (Å²) in [6, 6.07) is 10.2. The number of benzene rings is 1. The molecule has 2 rings (SSSR count). The lowest BCUT2D eigenvalue weighted by Gasteiger charge is -2.23. The maximum absolute atomic E-state index is 9.20. The van der Waals surface area contributed by atoms with E-state index in [1.165, 1.54) is 0 Å². The molecule has 1 aromatic heterocycles. The first-order valence-corrected chi connectivity index (χ1v) is 5.84. The van der Waals surface area contributed by atoms with Gasteiger partial charge in [0.15, 0.2) is 0 Å². The van der Waals surface area contributed by atoms with Crippen molar-refractivity contribution in [2.24, 2.45) is 0 Å². The minimum Gasteiger partial charge on any atom is -0.370 e. The minimum absolute atomic E-state index is 0.646. The first-order chi connectivity index (χ1) is 8.31. The van der Waals surface area contributed by atoms with E-state index in [9.17, 15) is 5.26 Å². The third-order valence-corrected chi connectivity index (χ3v) is 2.95. The molecule has 0 spiro atoms. The zero-order chi connectivity index (χ0) is 12.3. The molecule has 3 nitrogen and oxygen atoms in total. The molecule has 0 fully saturated rings. The Morgan fingerprint density at radius 1 is 1.24 bits per heavy atom. The lowest BCUT2D eigenvalue weighted by Crippen LogP contribution is -2.23. The van der Waals surface area contributed by atoms with Crippen LogP contribution in [0.15, 0.2) is 30.5 Å². The average molecular weight is 225 g/mol. The Morgan fingerprint density at radius 2 is 1.94 bits per heavy atom. The second-order valence-corrected chi connectivity index (χ2v) is 3.82. The molecule has 0 saturated carbocycles. The molecule has 1 aromatic carbocycles. The summed E-state index contributed by atoms with van der Waals surface area (Å²) < 4.78 is 0. The highest BCUT2D eigenvalue weighted by Gasteiger charge is 2.12. The van der Waals surface area contributed by atoms with Crippen LogP contribution in [-0.4, -0.2) is 18.1 Å². The van der Waals surface area contributed by atoms with E-state index in [1.54, 1.807) is 6.20 Å². The summed E-state index contributed by atoms with van der Waals surface area (Å²) in [5.41, 5.74) is 2.59. The van der Waals surface area contributed by atoms with Crippen LogP contribution in [0, 0.1) is 11.3 Å². The number of fused-ring (bicyclic) bond motifs is 1. The molecule has 17 heavy (non-hydrogen) atoms. The summed E-state index contributed by atoms with van der Waals surface area (Å²) in [7, 11) is 0. The molecule has 0 radical (unpaired) electrons. The fraction of sp³-hybridized carbons (Fsp3) is 0.286. The Bertz CT molecular complexity index is 565. The summed E-state index contributed by atoms with van der Waals surface area (Å²) in [6.07, 6.45) is 1.66. The molecule has 0 aliphatic carbocycles. The lowest BCUT2D eigenvalue weighted by atomic mass is 10.1. The number of rotatable bonds is 3. The highest BCUT2D eigenvalue weighted by Crippen LogP contribution is 2.28. The molecule has 0 aliphatic heterocycles. The summed E-state index contributed by atoms with van der Waals surface area (Å²) in [6.45, 7) is 5.97. The molecule has 3 heteroatoms.